The van der Waals surface area contributed by atoms with Crippen LogP contribution in [0.2, 0.25) is 0 Å². The summed E-state index contributed by atoms with van der Waals surface area (Å²) in [5, 5.41) is 8.81. The zero-order chi connectivity index (χ0) is 17.6. The van der Waals surface area contributed by atoms with E-state index in [-0.39, 0.29) is 5.91 Å². The van der Waals surface area contributed by atoms with Crippen molar-refractivity contribution in [1.82, 2.24) is 9.80 Å². The number of ether oxygens (including phenoxy) is 1. The molecule has 1 fully saturated rings. The number of carbonyl (C=O) groups is 1. The van der Waals surface area contributed by atoms with Gasteiger partial charge >= 0.3 is 0 Å². The molecule has 0 unspecified atom stereocenters. The molecule has 0 atom stereocenters. The van der Waals surface area contributed by atoms with Gasteiger partial charge in [-0.15, -0.1) is 0 Å². The molecule has 1 saturated heterocycles. The van der Waals surface area contributed by atoms with Crippen LogP contribution in [0.25, 0.3) is 0 Å². The van der Waals surface area contributed by atoms with Gasteiger partial charge in [-0.25, -0.2) is 0 Å². The number of nitriles is 1. The average Bonchev–Trinajstić information content (AvgIpc) is 2.67. The molecule has 128 valence electrons. The molecule has 0 radical (unpaired) electrons. The molecule has 0 spiro atoms. The predicted octanol–water partition coefficient (Wildman–Crippen LogP) is 2.52. The Bertz CT molecular complexity index is 772. The lowest BCUT2D eigenvalue weighted by Gasteiger charge is -2.32. The van der Waals surface area contributed by atoms with E-state index in [0.717, 1.165) is 31.7 Å². The van der Waals surface area contributed by atoms with E-state index >= 15 is 0 Å². The SMILES string of the molecule is CN1CCN(C(=O)c2cccc(COc3ccc(C#N)cc3)c2)CC1. The van der Waals surface area contributed by atoms with E-state index in [1.165, 1.54) is 0 Å². The zero-order valence-electron chi connectivity index (χ0n) is 14.3. The Labute approximate surface area is 148 Å². The van der Waals surface area contributed by atoms with Crippen molar-refractivity contribution >= 4 is 5.91 Å². The van der Waals surface area contributed by atoms with Crippen LogP contribution in [-0.4, -0.2) is 48.9 Å². The van der Waals surface area contributed by atoms with E-state index in [0.29, 0.717) is 23.5 Å². The molecule has 2 aromatic rings. The van der Waals surface area contributed by atoms with Crippen LogP contribution < -0.4 is 4.74 Å². The third-order valence-corrected chi connectivity index (χ3v) is 4.35. The van der Waals surface area contributed by atoms with Gasteiger partial charge in [-0.3, -0.25) is 4.79 Å². The minimum atomic E-state index is 0.0772. The largest absolute Gasteiger partial charge is 0.489 e. The van der Waals surface area contributed by atoms with Gasteiger partial charge in [0, 0.05) is 31.7 Å². The van der Waals surface area contributed by atoms with Gasteiger partial charge in [0.1, 0.15) is 12.4 Å². The maximum Gasteiger partial charge on any atom is 0.253 e. The summed E-state index contributed by atoms with van der Waals surface area (Å²) in [6.45, 7) is 3.73. The quantitative estimate of drug-likeness (QED) is 0.861. The second-order valence-corrected chi connectivity index (χ2v) is 6.22. The minimum absolute atomic E-state index is 0.0772. The van der Waals surface area contributed by atoms with Gasteiger partial charge < -0.3 is 14.5 Å². The Morgan fingerprint density at radius 2 is 1.84 bits per heavy atom. The summed E-state index contributed by atoms with van der Waals surface area (Å²) in [6, 6.07) is 16.7. The first-order valence-electron chi connectivity index (χ1n) is 8.35. The van der Waals surface area contributed by atoms with E-state index in [4.69, 9.17) is 10.00 Å². The topological polar surface area (TPSA) is 56.6 Å². The number of nitrogens with zero attached hydrogens (tertiary/aromatic N) is 3. The first kappa shape index (κ1) is 17.0. The Morgan fingerprint density at radius 3 is 2.52 bits per heavy atom. The first-order valence-corrected chi connectivity index (χ1v) is 8.35. The van der Waals surface area contributed by atoms with Crippen molar-refractivity contribution in [1.29, 1.82) is 5.26 Å². The van der Waals surface area contributed by atoms with Gasteiger partial charge in [0.2, 0.25) is 0 Å². The summed E-state index contributed by atoms with van der Waals surface area (Å²) in [7, 11) is 2.07. The fourth-order valence-electron chi connectivity index (χ4n) is 2.78. The molecular weight excluding hydrogens is 314 g/mol. The van der Waals surface area contributed by atoms with Crippen molar-refractivity contribution in [3.63, 3.8) is 0 Å². The molecule has 1 aliphatic rings. The van der Waals surface area contributed by atoms with Crippen molar-refractivity contribution in [2.75, 3.05) is 33.2 Å². The van der Waals surface area contributed by atoms with Crippen LogP contribution in [0, 0.1) is 11.3 Å². The average molecular weight is 335 g/mol. The maximum atomic E-state index is 12.6. The lowest BCUT2D eigenvalue weighted by Crippen LogP contribution is -2.47. The van der Waals surface area contributed by atoms with E-state index in [1.807, 2.05) is 29.2 Å². The lowest BCUT2D eigenvalue weighted by molar-refractivity contribution is 0.0664. The molecule has 1 heterocycles. The van der Waals surface area contributed by atoms with Gasteiger partial charge in [0.05, 0.1) is 11.6 Å². The van der Waals surface area contributed by atoms with E-state index in [2.05, 4.69) is 18.0 Å². The van der Waals surface area contributed by atoms with Crippen molar-refractivity contribution in [3.05, 3.63) is 65.2 Å². The number of piperazine rings is 1. The fourth-order valence-corrected chi connectivity index (χ4v) is 2.78. The number of hydrogen-bond donors (Lipinski definition) is 0. The fraction of sp³-hybridized carbons (Fsp3) is 0.300. The molecule has 5 nitrogen and oxygen atoms in total. The third-order valence-electron chi connectivity index (χ3n) is 4.35. The molecule has 0 N–H and O–H groups in total. The van der Waals surface area contributed by atoms with Crippen LogP contribution >= 0.6 is 0 Å². The molecule has 3 rings (SSSR count). The first-order chi connectivity index (χ1) is 12.2. The van der Waals surface area contributed by atoms with Crippen LogP contribution in [0.5, 0.6) is 5.75 Å². The zero-order valence-corrected chi connectivity index (χ0v) is 14.3. The monoisotopic (exact) mass is 335 g/mol. The highest BCUT2D eigenvalue weighted by Crippen LogP contribution is 2.15. The van der Waals surface area contributed by atoms with Crippen LogP contribution in [-0.2, 0) is 6.61 Å². The van der Waals surface area contributed by atoms with Crippen molar-refractivity contribution in [2.45, 2.75) is 6.61 Å². The van der Waals surface area contributed by atoms with Gasteiger partial charge in [0.25, 0.3) is 5.91 Å². The summed E-state index contributed by atoms with van der Waals surface area (Å²) in [4.78, 5) is 16.8. The highest BCUT2D eigenvalue weighted by molar-refractivity contribution is 5.94. The number of hydrogen-bond acceptors (Lipinski definition) is 4. The van der Waals surface area contributed by atoms with Crippen molar-refractivity contribution < 1.29 is 9.53 Å². The van der Waals surface area contributed by atoms with Gasteiger partial charge in [-0.2, -0.15) is 5.26 Å². The summed E-state index contributed by atoms with van der Waals surface area (Å²) in [5.74, 6) is 0.781. The second kappa shape index (κ2) is 7.82. The number of amides is 1. The Balaban J connectivity index is 1.62. The van der Waals surface area contributed by atoms with Crippen molar-refractivity contribution in [2.24, 2.45) is 0 Å². The molecular formula is C20H21N3O2. The number of benzene rings is 2. The highest BCUT2D eigenvalue weighted by atomic mass is 16.5. The number of likely N-dealkylation sites (N-methyl/N-ethyl adjacent to an activating group) is 1. The van der Waals surface area contributed by atoms with Crippen LogP contribution in [0.3, 0.4) is 0 Å². The Kier molecular flexibility index (Phi) is 5.32. The summed E-state index contributed by atoms with van der Waals surface area (Å²) >= 11 is 0. The molecule has 0 saturated carbocycles. The molecule has 1 amide bonds. The standard InChI is InChI=1S/C20H21N3O2/c1-22-9-11-23(12-10-22)20(24)18-4-2-3-17(13-18)15-25-19-7-5-16(14-21)6-8-19/h2-8,13H,9-12,15H2,1H3. The van der Waals surface area contributed by atoms with Crippen molar-refractivity contribution in [3.8, 4) is 11.8 Å². The van der Waals surface area contributed by atoms with Gasteiger partial charge in [0.15, 0.2) is 0 Å². The molecule has 2 aromatic carbocycles. The van der Waals surface area contributed by atoms with Crippen LogP contribution in [0.1, 0.15) is 21.5 Å². The smallest absolute Gasteiger partial charge is 0.253 e. The highest BCUT2D eigenvalue weighted by Gasteiger charge is 2.20. The molecule has 0 aliphatic carbocycles. The second-order valence-electron chi connectivity index (χ2n) is 6.22. The summed E-state index contributed by atoms with van der Waals surface area (Å²) in [6.07, 6.45) is 0. The minimum Gasteiger partial charge on any atom is -0.489 e. The van der Waals surface area contributed by atoms with E-state index < -0.39 is 0 Å². The van der Waals surface area contributed by atoms with Gasteiger partial charge in [-0.05, 0) is 49.0 Å². The number of carbonyl (C=O) groups excluding carboxylic acids is 1. The Hall–Kier alpha value is -2.84. The molecule has 25 heavy (non-hydrogen) atoms. The van der Waals surface area contributed by atoms with Crippen LogP contribution in [0.15, 0.2) is 48.5 Å². The molecule has 0 bridgehead atoms. The van der Waals surface area contributed by atoms with E-state index in [9.17, 15) is 4.79 Å². The predicted molar refractivity (Wildman–Crippen MR) is 95.3 cm³/mol. The molecule has 5 heteroatoms. The Morgan fingerprint density at radius 1 is 1.12 bits per heavy atom. The van der Waals surface area contributed by atoms with E-state index in [1.54, 1.807) is 24.3 Å². The summed E-state index contributed by atoms with van der Waals surface area (Å²) < 4.78 is 5.74. The number of rotatable bonds is 4. The third kappa shape index (κ3) is 4.37. The normalized spacial score (nSPS) is 14.8. The van der Waals surface area contributed by atoms with Gasteiger partial charge in [-0.1, -0.05) is 12.1 Å². The van der Waals surface area contributed by atoms with Crippen LogP contribution in [0.4, 0.5) is 0 Å². The molecule has 1 aliphatic heterocycles. The lowest BCUT2D eigenvalue weighted by atomic mass is 10.1. The maximum absolute atomic E-state index is 12.6. The summed E-state index contributed by atoms with van der Waals surface area (Å²) in [5.41, 5.74) is 2.25. The molecule has 0 aromatic heterocycles.